The highest BCUT2D eigenvalue weighted by Crippen LogP contribution is 2.21. The molecule has 2 aromatic heterocycles. The Balaban J connectivity index is 1.34. The third kappa shape index (κ3) is 4.23. The van der Waals surface area contributed by atoms with Crippen LogP contribution < -0.4 is 15.6 Å². The second kappa shape index (κ2) is 8.37. The van der Waals surface area contributed by atoms with Gasteiger partial charge in [0.15, 0.2) is 0 Å². The number of hydrogen-bond donors (Lipinski definition) is 3. The second-order valence-corrected chi connectivity index (χ2v) is 6.72. The summed E-state index contributed by atoms with van der Waals surface area (Å²) in [5, 5.41) is 12.9. The van der Waals surface area contributed by atoms with Gasteiger partial charge in [0, 0.05) is 41.5 Å². The number of H-pyrrole nitrogens is 2. The monoisotopic (exact) mass is 398 g/mol. The Morgan fingerprint density at radius 1 is 1.03 bits per heavy atom. The first-order valence-electron chi connectivity index (χ1n) is 9.37. The van der Waals surface area contributed by atoms with Crippen molar-refractivity contribution < 1.29 is 9.53 Å². The number of nitriles is 1. The van der Waals surface area contributed by atoms with Gasteiger partial charge >= 0.3 is 0 Å². The normalized spacial score (nSPS) is 10.5. The van der Waals surface area contributed by atoms with E-state index in [1.54, 1.807) is 36.5 Å². The number of amides is 1. The fourth-order valence-electron chi connectivity index (χ4n) is 3.14. The fourth-order valence-corrected chi connectivity index (χ4v) is 3.14. The molecule has 0 saturated heterocycles. The molecule has 3 N–H and O–H groups in total. The Bertz CT molecular complexity index is 1300. The van der Waals surface area contributed by atoms with Gasteiger partial charge < -0.3 is 20.0 Å². The predicted octanol–water partition coefficient (Wildman–Crippen LogP) is 3.49. The Morgan fingerprint density at radius 3 is 2.63 bits per heavy atom. The smallest absolute Gasteiger partial charge is 0.251 e. The number of nitrogens with zero attached hydrogens (tertiary/aromatic N) is 1. The molecule has 0 saturated carbocycles. The molecule has 2 aromatic carbocycles. The zero-order valence-electron chi connectivity index (χ0n) is 15.9. The molecular formula is C23H18N4O3. The lowest BCUT2D eigenvalue weighted by atomic mass is 10.1. The highest BCUT2D eigenvalue weighted by atomic mass is 16.5. The minimum atomic E-state index is -0.247. The highest BCUT2D eigenvalue weighted by Gasteiger charge is 2.07. The van der Waals surface area contributed by atoms with E-state index in [1.165, 1.54) is 12.3 Å². The van der Waals surface area contributed by atoms with Crippen LogP contribution in [0.25, 0.3) is 10.9 Å². The van der Waals surface area contributed by atoms with E-state index in [2.05, 4.69) is 21.4 Å². The molecule has 4 aromatic rings. The average molecular weight is 398 g/mol. The maximum absolute atomic E-state index is 12.4. The van der Waals surface area contributed by atoms with Crippen LogP contribution in [-0.2, 0) is 6.42 Å². The maximum atomic E-state index is 12.4. The number of benzene rings is 2. The molecular weight excluding hydrogens is 380 g/mol. The van der Waals surface area contributed by atoms with Crippen molar-refractivity contribution in [1.82, 2.24) is 15.3 Å². The van der Waals surface area contributed by atoms with E-state index in [0.717, 1.165) is 16.5 Å². The first kappa shape index (κ1) is 19.0. The number of ether oxygens (including phenoxy) is 1. The van der Waals surface area contributed by atoms with E-state index in [0.29, 0.717) is 35.6 Å². The second-order valence-electron chi connectivity index (χ2n) is 6.72. The van der Waals surface area contributed by atoms with Gasteiger partial charge in [-0.15, -0.1) is 0 Å². The van der Waals surface area contributed by atoms with E-state index in [9.17, 15) is 9.59 Å². The third-order valence-electron chi connectivity index (χ3n) is 4.66. The maximum Gasteiger partial charge on any atom is 0.251 e. The Hall–Kier alpha value is -4.31. The SMILES string of the molecule is N#Cc1c[nH]c2ccc(CCNC(=O)c3ccc(Oc4cc[nH]c(=O)c4)cc3)cc12. The van der Waals surface area contributed by atoms with Gasteiger partial charge in [-0.05, 0) is 54.4 Å². The topological polar surface area (TPSA) is 111 Å². The molecule has 0 fully saturated rings. The number of carbonyl (C=O) groups excluding carboxylic acids is 1. The van der Waals surface area contributed by atoms with Crippen molar-refractivity contribution in [3.8, 4) is 17.6 Å². The van der Waals surface area contributed by atoms with Crippen molar-refractivity contribution >= 4 is 16.8 Å². The van der Waals surface area contributed by atoms with Gasteiger partial charge in [0.1, 0.15) is 17.6 Å². The van der Waals surface area contributed by atoms with Crippen LogP contribution >= 0.6 is 0 Å². The molecule has 0 aliphatic rings. The summed E-state index contributed by atoms with van der Waals surface area (Å²) in [6, 6.07) is 17.7. The number of aromatic nitrogens is 2. The number of nitrogens with one attached hydrogen (secondary N) is 3. The number of hydrogen-bond acceptors (Lipinski definition) is 4. The van der Waals surface area contributed by atoms with Crippen LogP contribution in [-0.4, -0.2) is 22.4 Å². The number of fused-ring (bicyclic) bond motifs is 1. The van der Waals surface area contributed by atoms with Gasteiger partial charge in [-0.2, -0.15) is 5.26 Å². The Kier molecular flexibility index (Phi) is 5.31. The quantitative estimate of drug-likeness (QED) is 0.462. The molecule has 7 heteroatoms. The predicted molar refractivity (Wildman–Crippen MR) is 113 cm³/mol. The molecule has 2 heterocycles. The summed E-state index contributed by atoms with van der Waals surface area (Å²) in [4.78, 5) is 29.3. The molecule has 0 radical (unpaired) electrons. The number of carbonyl (C=O) groups is 1. The van der Waals surface area contributed by atoms with Crippen molar-refractivity contribution in [3.05, 3.63) is 94.0 Å². The summed E-state index contributed by atoms with van der Waals surface area (Å²) in [5.41, 5.74) is 2.84. The van der Waals surface area contributed by atoms with Gasteiger partial charge in [-0.25, -0.2) is 0 Å². The first-order valence-corrected chi connectivity index (χ1v) is 9.37. The van der Waals surface area contributed by atoms with E-state index in [4.69, 9.17) is 10.00 Å². The van der Waals surface area contributed by atoms with Crippen molar-refractivity contribution in [1.29, 1.82) is 5.26 Å². The number of pyridine rings is 1. The number of rotatable bonds is 6. The van der Waals surface area contributed by atoms with Crippen LogP contribution in [0.4, 0.5) is 0 Å². The molecule has 0 unspecified atom stereocenters. The van der Waals surface area contributed by atoms with Gasteiger partial charge in [-0.3, -0.25) is 9.59 Å². The molecule has 7 nitrogen and oxygen atoms in total. The molecule has 0 spiro atoms. The zero-order chi connectivity index (χ0) is 20.9. The van der Waals surface area contributed by atoms with E-state index >= 15 is 0 Å². The van der Waals surface area contributed by atoms with Crippen molar-refractivity contribution in [2.75, 3.05) is 6.54 Å². The third-order valence-corrected chi connectivity index (χ3v) is 4.66. The molecule has 30 heavy (non-hydrogen) atoms. The van der Waals surface area contributed by atoms with Crippen LogP contribution in [0, 0.1) is 11.3 Å². The summed E-state index contributed by atoms with van der Waals surface area (Å²) in [6.45, 7) is 0.474. The van der Waals surface area contributed by atoms with Crippen LogP contribution in [0.3, 0.4) is 0 Å². The van der Waals surface area contributed by atoms with E-state index in [-0.39, 0.29) is 11.5 Å². The largest absolute Gasteiger partial charge is 0.457 e. The summed E-state index contributed by atoms with van der Waals surface area (Å²) >= 11 is 0. The molecule has 148 valence electrons. The van der Waals surface area contributed by atoms with Crippen LogP contribution in [0.5, 0.6) is 11.5 Å². The minimum absolute atomic E-state index is 0.182. The zero-order valence-corrected chi connectivity index (χ0v) is 15.9. The first-order chi connectivity index (χ1) is 14.6. The van der Waals surface area contributed by atoms with Crippen molar-refractivity contribution in [3.63, 3.8) is 0 Å². The van der Waals surface area contributed by atoms with E-state index < -0.39 is 0 Å². The molecule has 0 bridgehead atoms. The van der Waals surface area contributed by atoms with Crippen LogP contribution in [0.1, 0.15) is 21.5 Å². The molecule has 0 aliphatic carbocycles. The molecule has 0 aliphatic heterocycles. The Morgan fingerprint density at radius 2 is 1.87 bits per heavy atom. The highest BCUT2D eigenvalue weighted by molar-refractivity contribution is 5.94. The molecule has 4 rings (SSSR count). The summed E-state index contributed by atoms with van der Waals surface area (Å²) in [5.74, 6) is 0.776. The lowest BCUT2D eigenvalue weighted by molar-refractivity contribution is 0.0954. The Labute approximate surface area is 171 Å². The van der Waals surface area contributed by atoms with Crippen molar-refractivity contribution in [2.45, 2.75) is 6.42 Å². The van der Waals surface area contributed by atoms with Gasteiger partial charge in [-0.1, -0.05) is 6.07 Å². The van der Waals surface area contributed by atoms with Crippen molar-refractivity contribution in [2.24, 2.45) is 0 Å². The van der Waals surface area contributed by atoms with Crippen LogP contribution in [0.2, 0.25) is 0 Å². The van der Waals surface area contributed by atoms with Gasteiger partial charge in [0.2, 0.25) is 0 Å². The summed E-state index contributed by atoms with van der Waals surface area (Å²) in [6.07, 6.45) is 3.86. The van der Waals surface area contributed by atoms with Gasteiger partial charge in [0.05, 0.1) is 5.56 Å². The lowest BCUT2D eigenvalue weighted by Crippen LogP contribution is -2.25. The molecule has 0 atom stereocenters. The number of aromatic amines is 2. The standard InChI is InChI=1S/C23H18N4O3/c24-13-17-14-27-21-6-1-15(11-20(17)21)7-9-26-23(29)16-2-4-18(5-3-16)30-19-8-10-25-22(28)12-19/h1-6,8,10-12,14,27H,7,9H2,(H,25,28)(H,26,29). The van der Waals surface area contributed by atoms with Gasteiger partial charge in [0.25, 0.3) is 11.5 Å². The molecule has 1 amide bonds. The fraction of sp³-hybridized carbons (Fsp3) is 0.0870. The van der Waals surface area contributed by atoms with Crippen LogP contribution in [0.15, 0.2) is 71.8 Å². The minimum Gasteiger partial charge on any atom is -0.457 e. The lowest BCUT2D eigenvalue weighted by Gasteiger charge is -2.08. The van der Waals surface area contributed by atoms with E-state index in [1.807, 2.05) is 18.2 Å². The average Bonchev–Trinajstić information content (AvgIpc) is 3.16. The summed E-state index contributed by atoms with van der Waals surface area (Å²) in [7, 11) is 0. The summed E-state index contributed by atoms with van der Waals surface area (Å²) < 4.78 is 5.60.